The van der Waals surface area contributed by atoms with E-state index in [1.54, 1.807) is 7.11 Å². The van der Waals surface area contributed by atoms with Crippen molar-refractivity contribution in [2.75, 3.05) is 13.7 Å². The van der Waals surface area contributed by atoms with E-state index in [4.69, 9.17) is 9.84 Å². The average molecular weight is 287 g/mol. The van der Waals surface area contributed by atoms with Gasteiger partial charge in [-0.2, -0.15) is 0 Å². The highest BCUT2D eigenvalue weighted by atomic mass is 16.5. The van der Waals surface area contributed by atoms with E-state index in [1.165, 1.54) is 0 Å². The lowest BCUT2D eigenvalue weighted by Gasteiger charge is -2.24. The maximum atomic E-state index is 10.9. The molecule has 112 valence electrons. The SMILES string of the molecule is COc1ccc2cc(CN(CC(=O)O)C(C)C)ccc2c1. The van der Waals surface area contributed by atoms with Crippen LogP contribution in [0.2, 0.25) is 0 Å². The van der Waals surface area contributed by atoms with Crippen molar-refractivity contribution < 1.29 is 14.6 Å². The van der Waals surface area contributed by atoms with E-state index in [0.717, 1.165) is 22.1 Å². The molecule has 0 atom stereocenters. The molecule has 1 N–H and O–H groups in total. The number of carboxylic acid groups (broad SMARTS) is 1. The molecule has 0 aliphatic heterocycles. The highest BCUT2D eigenvalue weighted by Gasteiger charge is 2.13. The zero-order valence-electron chi connectivity index (χ0n) is 12.7. The van der Waals surface area contributed by atoms with Gasteiger partial charge >= 0.3 is 5.97 Å². The molecule has 2 aromatic rings. The average Bonchev–Trinajstić information content (AvgIpc) is 2.45. The molecule has 0 heterocycles. The van der Waals surface area contributed by atoms with Crippen LogP contribution in [-0.2, 0) is 11.3 Å². The minimum absolute atomic E-state index is 0.0539. The Bertz CT molecular complexity index is 637. The Morgan fingerprint density at radius 2 is 1.86 bits per heavy atom. The lowest BCUT2D eigenvalue weighted by Crippen LogP contribution is -2.35. The number of carbonyl (C=O) groups is 1. The van der Waals surface area contributed by atoms with Gasteiger partial charge in [-0.05, 0) is 48.4 Å². The molecule has 0 aliphatic rings. The van der Waals surface area contributed by atoms with Gasteiger partial charge in [0.05, 0.1) is 13.7 Å². The standard InChI is InChI=1S/C17H21NO3/c1-12(2)18(11-17(19)20)10-13-4-5-15-9-16(21-3)7-6-14(15)8-13/h4-9,12H,10-11H2,1-3H3,(H,19,20). The maximum Gasteiger partial charge on any atom is 0.317 e. The Balaban J connectivity index is 2.23. The third-order valence-corrected chi connectivity index (χ3v) is 3.57. The van der Waals surface area contributed by atoms with Crippen molar-refractivity contribution in [2.24, 2.45) is 0 Å². The Kier molecular flexibility index (Phi) is 4.81. The predicted octanol–water partition coefficient (Wildman–Crippen LogP) is 3.14. The zero-order valence-corrected chi connectivity index (χ0v) is 12.7. The van der Waals surface area contributed by atoms with Gasteiger partial charge < -0.3 is 9.84 Å². The van der Waals surface area contributed by atoms with Gasteiger partial charge in [-0.3, -0.25) is 9.69 Å². The summed E-state index contributed by atoms with van der Waals surface area (Å²) in [6.07, 6.45) is 0. The number of hydrogen-bond donors (Lipinski definition) is 1. The highest BCUT2D eigenvalue weighted by molar-refractivity contribution is 5.84. The van der Waals surface area contributed by atoms with Crippen LogP contribution < -0.4 is 4.74 Å². The minimum Gasteiger partial charge on any atom is -0.497 e. The van der Waals surface area contributed by atoms with Crippen molar-refractivity contribution in [3.05, 3.63) is 42.0 Å². The molecule has 0 radical (unpaired) electrons. The lowest BCUT2D eigenvalue weighted by molar-refractivity contribution is -0.138. The Hall–Kier alpha value is -2.07. The fourth-order valence-electron chi connectivity index (χ4n) is 2.33. The fourth-order valence-corrected chi connectivity index (χ4v) is 2.33. The van der Waals surface area contributed by atoms with Crippen molar-refractivity contribution in [3.63, 3.8) is 0 Å². The van der Waals surface area contributed by atoms with Crippen LogP contribution in [0.4, 0.5) is 0 Å². The van der Waals surface area contributed by atoms with Gasteiger partial charge in [0.2, 0.25) is 0 Å². The molecule has 2 aromatic carbocycles. The molecule has 0 aromatic heterocycles. The molecule has 0 unspecified atom stereocenters. The minimum atomic E-state index is -0.797. The van der Waals surface area contributed by atoms with Gasteiger partial charge in [-0.25, -0.2) is 0 Å². The zero-order chi connectivity index (χ0) is 15.4. The van der Waals surface area contributed by atoms with Crippen LogP contribution in [0.25, 0.3) is 10.8 Å². The van der Waals surface area contributed by atoms with Crippen LogP contribution in [0.5, 0.6) is 5.75 Å². The monoisotopic (exact) mass is 287 g/mol. The maximum absolute atomic E-state index is 10.9. The van der Waals surface area contributed by atoms with Crippen LogP contribution in [0.15, 0.2) is 36.4 Å². The lowest BCUT2D eigenvalue weighted by atomic mass is 10.1. The number of fused-ring (bicyclic) bond motifs is 1. The topological polar surface area (TPSA) is 49.8 Å². The van der Waals surface area contributed by atoms with Crippen LogP contribution in [0.3, 0.4) is 0 Å². The summed E-state index contributed by atoms with van der Waals surface area (Å²) in [6, 6.07) is 12.3. The molecule has 4 heteroatoms. The fraction of sp³-hybridized carbons (Fsp3) is 0.353. The second-order valence-electron chi connectivity index (χ2n) is 5.44. The summed E-state index contributed by atoms with van der Waals surface area (Å²) in [7, 11) is 1.65. The van der Waals surface area contributed by atoms with Crippen molar-refractivity contribution in [3.8, 4) is 5.75 Å². The van der Waals surface area contributed by atoms with Gasteiger partial charge in [-0.1, -0.05) is 18.2 Å². The summed E-state index contributed by atoms with van der Waals surface area (Å²) in [6.45, 7) is 4.70. The van der Waals surface area contributed by atoms with E-state index >= 15 is 0 Å². The molecule has 0 bridgehead atoms. The Morgan fingerprint density at radius 1 is 1.19 bits per heavy atom. The van der Waals surface area contributed by atoms with E-state index in [0.29, 0.717) is 6.54 Å². The normalized spacial score (nSPS) is 11.3. The molecule has 21 heavy (non-hydrogen) atoms. The largest absolute Gasteiger partial charge is 0.497 e. The molecular weight excluding hydrogens is 266 g/mol. The van der Waals surface area contributed by atoms with Crippen molar-refractivity contribution in [1.82, 2.24) is 4.90 Å². The number of methoxy groups -OCH3 is 1. The first-order valence-electron chi connectivity index (χ1n) is 7.02. The second kappa shape index (κ2) is 6.59. The summed E-state index contributed by atoms with van der Waals surface area (Å²) in [5, 5.41) is 11.2. The highest BCUT2D eigenvalue weighted by Crippen LogP contribution is 2.22. The quantitative estimate of drug-likeness (QED) is 0.886. The number of rotatable bonds is 6. The molecule has 0 fully saturated rings. The van der Waals surface area contributed by atoms with E-state index in [2.05, 4.69) is 6.07 Å². The first-order chi connectivity index (χ1) is 9.99. The number of nitrogens with zero attached hydrogens (tertiary/aromatic N) is 1. The number of benzene rings is 2. The molecule has 0 spiro atoms. The summed E-state index contributed by atoms with van der Waals surface area (Å²) in [4.78, 5) is 12.9. The molecular formula is C17H21NO3. The van der Waals surface area contributed by atoms with Crippen LogP contribution in [0, 0.1) is 0 Å². The molecule has 0 saturated heterocycles. The van der Waals surface area contributed by atoms with Gasteiger partial charge in [0.15, 0.2) is 0 Å². The predicted molar refractivity (Wildman–Crippen MR) is 83.7 cm³/mol. The van der Waals surface area contributed by atoms with E-state index < -0.39 is 5.97 Å². The van der Waals surface area contributed by atoms with Crippen LogP contribution in [0.1, 0.15) is 19.4 Å². The van der Waals surface area contributed by atoms with Gasteiger partial charge in [0.1, 0.15) is 5.75 Å². The van der Waals surface area contributed by atoms with E-state index in [1.807, 2.05) is 49.1 Å². The molecule has 0 aliphatic carbocycles. The summed E-state index contributed by atoms with van der Waals surface area (Å²) in [5.41, 5.74) is 1.11. The van der Waals surface area contributed by atoms with Gasteiger partial charge in [0.25, 0.3) is 0 Å². The first kappa shape index (κ1) is 15.3. The molecule has 0 saturated carbocycles. The smallest absolute Gasteiger partial charge is 0.317 e. The number of hydrogen-bond acceptors (Lipinski definition) is 3. The van der Waals surface area contributed by atoms with Crippen molar-refractivity contribution >= 4 is 16.7 Å². The van der Waals surface area contributed by atoms with Crippen LogP contribution in [-0.4, -0.2) is 35.7 Å². The number of carboxylic acids is 1. The van der Waals surface area contributed by atoms with E-state index in [-0.39, 0.29) is 12.6 Å². The Labute approximate surface area is 124 Å². The van der Waals surface area contributed by atoms with Crippen molar-refractivity contribution in [2.45, 2.75) is 26.4 Å². The molecule has 2 rings (SSSR count). The summed E-state index contributed by atoms with van der Waals surface area (Å²) in [5.74, 6) is 0.0409. The summed E-state index contributed by atoms with van der Waals surface area (Å²) < 4.78 is 5.22. The van der Waals surface area contributed by atoms with E-state index in [9.17, 15) is 4.79 Å². The van der Waals surface area contributed by atoms with Crippen molar-refractivity contribution in [1.29, 1.82) is 0 Å². The van der Waals surface area contributed by atoms with Crippen LogP contribution >= 0.6 is 0 Å². The Morgan fingerprint density at radius 3 is 2.48 bits per heavy atom. The number of ether oxygens (including phenoxy) is 1. The van der Waals surface area contributed by atoms with Gasteiger partial charge in [-0.15, -0.1) is 0 Å². The van der Waals surface area contributed by atoms with Gasteiger partial charge in [0, 0.05) is 12.6 Å². The number of aliphatic carboxylic acids is 1. The third kappa shape index (κ3) is 3.95. The summed E-state index contributed by atoms with van der Waals surface area (Å²) >= 11 is 0. The second-order valence-corrected chi connectivity index (χ2v) is 5.44. The first-order valence-corrected chi connectivity index (χ1v) is 7.02. The molecule has 4 nitrogen and oxygen atoms in total. The molecule has 0 amide bonds. The third-order valence-electron chi connectivity index (χ3n) is 3.57.